The van der Waals surface area contributed by atoms with Crippen LogP contribution in [0.1, 0.15) is 36.2 Å². The molecule has 1 aromatic carbocycles. The molecule has 108 valence electrons. The van der Waals surface area contributed by atoms with E-state index in [0.717, 1.165) is 23.9 Å². The van der Waals surface area contributed by atoms with Crippen molar-refractivity contribution in [3.05, 3.63) is 51.8 Å². The Bertz CT molecular complexity index is 563. The number of aryl methyl sites for hydroxylation is 2. The maximum atomic E-state index is 4.47. The van der Waals surface area contributed by atoms with Crippen LogP contribution in [-0.4, -0.2) is 16.8 Å². The van der Waals surface area contributed by atoms with Gasteiger partial charge in [0.05, 0.1) is 22.4 Å². The van der Waals surface area contributed by atoms with Crippen molar-refractivity contribution in [3.63, 3.8) is 0 Å². The maximum Gasteiger partial charge on any atom is 0.0698 e. The topological polar surface area (TPSA) is 29.9 Å². The van der Waals surface area contributed by atoms with Gasteiger partial charge in [0.15, 0.2) is 0 Å². The van der Waals surface area contributed by atoms with Crippen LogP contribution in [0.25, 0.3) is 0 Å². The van der Waals surface area contributed by atoms with Crippen LogP contribution >= 0.6 is 15.9 Å². The van der Waals surface area contributed by atoms with E-state index in [1.807, 2.05) is 13.2 Å². The first-order chi connectivity index (χ1) is 9.67. The first-order valence-electron chi connectivity index (χ1n) is 7.10. The van der Waals surface area contributed by atoms with Crippen molar-refractivity contribution in [2.75, 3.05) is 7.05 Å². The molecule has 0 amide bonds. The largest absolute Gasteiger partial charge is 0.311 e. The van der Waals surface area contributed by atoms with E-state index >= 15 is 0 Å². The highest BCUT2D eigenvalue weighted by atomic mass is 79.9. The number of nitrogens with one attached hydrogen (secondary N) is 1. The van der Waals surface area contributed by atoms with Crippen molar-refractivity contribution in [3.8, 4) is 0 Å². The van der Waals surface area contributed by atoms with Crippen LogP contribution in [-0.2, 0) is 13.0 Å². The predicted molar refractivity (Wildman–Crippen MR) is 86.9 cm³/mol. The molecule has 0 saturated heterocycles. The fourth-order valence-electron chi connectivity index (χ4n) is 2.50. The van der Waals surface area contributed by atoms with Crippen molar-refractivity contribution in [2.45, 2.75) is 39.3 Å². The molecule has 4 heteroatoms. The molecule has 2 aromatic rings. The van der Waals surface area contributed by atoms with Crippen LogP contribution in [0.5, 0.6) is 0 Å². The first-order valence-corrected chi connectivity index (χ1v) is 7.89. The zero-order valence-corrected chi connectivity index (χ0v) is 13.9. The minimum absolute atomic E-state index is 0.263. The molecule has 0 radical (unpaired) electrons. The predicted octanol–water partition coefficient (Wildman–Crippen LogP) is 3.87. The Hall–Kier alpha value is -1.13. The van der Waals surface area contributed by atoms with Gasteiger partial charge in [-0.15, -0.1) is 0 Å². The van der Waals surface area contributed by atoms with Crippen LogP contribution < -0.4 is 5.32 Å². The minimum atomic E-state index is 0.263. The molecule has 0 fully saturated rings. The van der Waals surface area contributed by atoms with E-state index in [9.17, 15) is 0 Å². The average Bonchev–Trinajstić information content (AvgIpc) is 2.80. The second kappa shape index (κ2) is 7.04. The highest BCUT2D eigenvalue weighted by Crippen LogP contribution is 2.27. The van der Waals surface area contributed by atoms with E-state index in [2.05, 4.69) is 69.1 Å². The lowest BCUT2D eigenvalue weighted by molar-refractivity contribution is 0.494. The monoisotopic (exact) mass is 335 g/mol. The Balaban J connectivity index is 2.29. The Morgan fingerprint density at radius 3 is 2.75 bits per heavy atom. The third-order valence-corrected chi connectivity index (χ3v) is 4.24. The summed E-state index contributed by atoms with van der Waals surface area (Å²) in [5.74, 6) is 0. The Morgan fingerprint density at radius 1 is 1.35 bits per heavy atom. The number of rotatable bonds is 6. The molecule has 3 nitrogen and oxygen atoms in total. The van der Waals surface area contributed by atoms with Gasteiger partial charge < -0.3 is 5.32 Å². The fraction of sp³-hybridized carbons (Fsp3) is 0.438. The van der Waals surface area contributed by atoms with E-state index in [0.29, 0.717) is 0 Å². The number of halogens is 1. The number of aromatic nitrogens is 2. The molecule has 1 N–H and O–H groups in total. The molecule has 1 atom stereocenters. The SMILES string of the molecule is CCCn1ncc(Br)c1C(Cc1ccccc1C)NC. The molecule has 20 heavy (non-hydrogen) atoms. The average molecular weight is 336 g/mol. The van der Waals surface area contributed by atoms with Crippen LogP contribution in [0.2, 0.25) is 0 Å². The highest BCUT2D eigenvalue weighted by Gasteiger charge is 2.19. The summed E-state index contributed by atoms with van der Waals surface area (Å²) in [6.45, 7) is 5.29. The third kappa shape index (κ3) is 3.30. The summed E-state index contributed by atoms with van der Waals surface area (Å²) in [6.07, 6.45) is 3.95. The maximum absolute atomic E-state index is 4.47. The van der Waals surface area contributed by atoms with Gasteiger partial charge in [-0.1, -0.05) is 31.2 Å². The first kappa shape index (κ1) is 15.3. The van der Waals surface area contributed by atoms with Gasteiger partial charge in [-0.25, -0.2) is 0 Å². The highest BCUT2D eigenvalue weighted by molar-refractivity contribution is 9.10. The molecule has 0 aliphatic carbocycles. The molecular formula is C16H22BrN3. The zero-order valence-electron chi connectivity index (χ0n) is 12.4. The molecule has 2 rings (SSSR count). The molecule has 0 aliphatic rings. The Kier molecular flexibility index (Phi) is 5.38. The second-order valence-electron chi connectivity index (χ2n) is 5.07. The molecular weight excluding hydrogens is 314 g/mol. The number of hydrogen-bond acceptors (Lipinski definition) is 2. The lowest BCUT2D eigenvalue weighted by Crippen LogP contribution is -2.23. The quantitative estimate of drug-likeness (QED) is 0.868. The number of nitrogens with zero attached hydrogens (tertiary/aromatic N) is 2. The van der Waals surface area contributed by atoms with Crippen molar-refractivity contribution < 1.29 is 0 Å². The van der Waals surface area contributed by atoms with Gasteiger partial charge in [0.1, 0.15) is 0 Å². The Morgan fingerprint density at radius 2 is 2.10 bits per heavy atom. The van der Waals surface area contributed by atoms with Gasteiger partial charge in [-0.2, -0.15) is 5.10 Å². The number of likely N-dealkylation sites (N-methyl/N-ethyl adjacent to an activating group) is 1. The van der Waals surface area contributed by atoms with Crippen molar-refractivity contribution in [2.24, 2.45) is 0 Å². The third-order valence-electron chi connectivity index (χ3n) is 3.63. The van der Waals surface area contributed by atoms with Crippen LogP contribution in [0.3, 0.4) is 0 Å². The van der Waals surface area contributed by atoms with E-state index in [4.69, 9.17) is 0 Å². The van der Waals surface area contributed by atoms with E-state index in [1.54, 1.807) is 0 Å². The molecule has 1 heterocycles. The molecule has 0 spiro atoms. The normalized spacial score (nSPS) is 12.6. The van der Waals surface area contributed by atoms with Crippen LogP contribution in [0.4, 0.5) is 0 Å². The minimum Gasteiger partial charge on any atom is -0.311 e. The van der Waals surface area contributed by atoms with Crippen molar-refractivity contribution >= 4 is 15.9 Å². The van der Waals surface area contributed by atoms with Gasteiger partial charge >= 0.3 is 0 Å². The summed E-state index contributed by atoms with van der Waals surface area (Å²) in [5, 5.41) is 7.90. The fourth-order valence-corrected chi connectivity index (χ4v) is 3.08. The van der Waals surface area contributed by atoms with Crippen LogP contribution in [0, 0.1) is 6.92 Å². The summed E-state index contributed by atoms with van der Waals surface area (Å²) in [7, 11) is 2.01. The molecule has 0 saturated carbocycles. The lowest BCUT2D eigenvalue weighted by Gasteiger charge is -2.20. The van der Waals surface area contributed by atoms with Gasteiger partial charge in [-0.05, 0) is 53.9 Å². The standard InChI is InChI=1S/C16H22BrN3/c1-4-9-20-16(14(17)11-19-20)15(18-3)10-13-8-6-5-7-12(13)2/h5-8,11,15,18H,4,9-10H2,1-3H3. The summed E-state index contributed by atoms with van der Waals surface area (Å²) < 4.78 is 3.18. The molecule has 1 aromatic heterocycles. The molecule has 0 aliphatic heterocycles. The van der Waals surface area contributed by atoms with Gasteiger partial charge in [0, 0.05) is 6.54 Å². The Labute approximate surface area is 129 Å². The van der Waals surface area contributed by atoms with Crippen molar-refractivity contribution in [1.29, 1.82) is 0 Å². The number of hydrogen-bond donors (Lipinski definition) is 1. The van der Waals surface area contributed by atoms with E-state index in [1.165, 1.54) is 16.8 Å². The lowest BCUT2D eigenvalue weighted by atomic mass is 9.99. The van der Waals surface area contributed by atoms with E-state index < -0.39 is 0 Å². The molecule has 0 bridgehead atoms. The van der Waals surface area contributed by atoms with Crippen molar-refractivity contribution in [1.82, 2.24) is 15.1 Å². The molecule has 1 unspecified atom stereocenters. The smallest absolute Gasteiger partial charge is 0.0698 e. The van der Waals surface area contributed by atoms with Gasteiger partial charge in [0.2, 0.25) is 0 Å². The summed E-state index contributed by atoms with van der Waals surface area (Å²) in [6, 6.07) is 8.83. The number of benzene rings is 1. The van der Waals surface area contributed by atoms with Gasteiger partial charge in [-0.3, -0.25) is 4.68 Å². The zero-order chi connectivity index (χ0) is 14.5. The summed E-state index contributed by atoms with van der Waals surface area (Å²) >= 11 is 3.64. The van der Waals surface area contributed by atoms with E-state index in [-0.39, 0.29) is 6.04 Å². The van der Waals surface area contributed by atoms with Crippen LogP contribution in [0.15, 0.2) is 34.9 Å². The van der Waals surface area contributed by atoms with Gasteiger partial charge in [0.25, 0.3) is 0 Å². The summed E-state index contributed by atoms with van der Waals surface area (Å²) in [4.78, 5) is 0. The second-order valence-corrected chi connectivity index (χ2v) is 5.93. The summed E-state index contributed by atoms with van der Waals surface area (Å²) in [5.41, 5.74) is 3.95.